The van der Waals surface area contributed by atoms with Gasteiger partial charge in [0, 0.05) is 36.6 Å². The Balaban J connectivity index is 0.00000363. The van der Waals surface area contributed by atoms with E-state index in [1.165, 1.54) is 12.1 Å². The van der Waals surface area contributed by atoms with Crippen molar-refractivity contribution < 1.29 is 18.6 Å². The van der Waals surface area contributed by atoms with Crippen LogP contribution in [0, 0.1) is 5.82 Å². The van der Waals surface area contributed by atoms with Gasteiger partial charge in [0.05, 0.1) is 20.8 Å². The second-order valence-electron chi connectivity index (χ2n) is 6.45. The van der Waals surface area contributed by atoms with Crippen LogP contribution in [0.25, 0.3) is 0 Å². The molecule has 0 bridgehead atoms. The van der Waals surface area contributed by atoms with Crippen LogP contribution in [-0.2, 0) is 6.54 Å². The molecule has 0 saturated heterocycles. The number of methoxy groups -OCH3 is 2. The van der Waals surface area contributed by atoms with Crippen molar-refractivity contribution in [3.8, 4) is 23.1 Å². The molecule has 0 fully saturated rings. The van der Waals surface area contributed by atoms with E-state index in [2.05, 4.69) is 20.6 Å². The van der Waals surface area contributed by atoms with Gasteiger partial charge in [-0.05, 0) is 36.8 Å². The van der Waals surface area contributed by atoms with Gasteiger partial charge >= 0.3 is 0 Å². The van der Waals surface area contributed by atoms with Crippen molar-refractivity contribution in [3.05, 3.63) is 72.2 Å². The third kappa shape index (κ3) is 7.26. The van der Waals surface area contributed by atoms with Crippen molar-refractivity contribution in [2.24, 2.45) is 4.99 Å². The molecule has 32 heavy (non-hydrogen) atoms. The van der Waals surface area contributed by atoms with Crippen LogP contribution >= 0.6 is 24.0 Å². The van der Waals surface area contributed by atoms with E-state index in [0.717, 1.165) is 11.3 Å². The number of nitrogens with zero attached hydrogens (tertiary/aromatic N) is 2. The van der Waals surface area contributed by atoms with E-state index in [1.54, 1.807) is 38.6 Å². The molecule has 1 aromatic heterocycles. The van der Waals surface area contributed by atoms with Crippen LogP contribution in [0.1, 0.15) is 12.5 Å². The van der Waals surface area contributed by atoms with Gasteiger partial charge in [0.25, 0.3) is 0 Å². The summed E-state index contributed by atoms with van der Waals surface area (Å²) in [6, 6.07) is 15.1. The predicted molar refractivity (Wildman–Crippen MR) is 134 cm³/mol. The molecular formula is C23H26FIN4O3. The summed E-state index contributed by atoms with van der Waals surface area (Å²) in [5, 5.41) is 6.45. The van der Waals surface area contributed by atoms with Crippen molar-refractivity contribution >= 4 is 35.6 Å². The number of anilines is 1. The Hall–Kier alpha value is -3.08. The van der Waals surface area contributed by atoms with Gasteiger partial charge in [-0.15, -0.1) is 24.0 Å². The minimum atomic E-state index is -0.360. The summed E-state index contributed by atoms with van der Waals surface area (Å²) in [6.07, 6.45) is 1.68. The molecule has 0 unspecified atom stereocenters. The molecular weight excluding hydrogens is 526 g/mol. The summed E-state index contributed by atoms with van der Waals surface area (Å²) in [5.41, 5.74) is 1.71. The molecule has 0 aliphatic rings. The van der Waals surface area contributed by atoms with Gasteiger partial charge in [-0.3, -0.25) is 0 Å². The van der Waals surface area contributed by atoms with Crippen molar-refractivity contribution in [1.82, 2.24) is 10.3 Å². The summed E-state index contributed by atoms with van der Waals surface area (Å²) in [4.78, 5) is 8.86. The number of guanidine groups is 1. The standard InChI is InChI=1S/C23H25FN4O3.HI/c1-4-25-23(28-18-9-10-20(29-2)21(13-18)30-3)27-15-16-8-11-22(26-14-16)31-19-7-5-6-17(24)12-19;/h5-14H,4,15H2,1-3H3,(H2,25,27,28);1H. The molecule has 0 atom stereocenters. The minimum Gasteiger partial charge on any atom is -0.493 e. The van der Waals surface area contributed by atoms with Crippen LogP contribution in [0.2, 0.25) is 0 Å². The van der Waals surface area contributed by atoms with Crippen LogP contribution in [0.3, 0.4) is 0 Å². The van der Waals surface area contributed by atoms with Gasteiger partial charge in [-0.25, -0.2) is 14.4 Å². The molecule has 7 nitrogen and oxygen atoms in total. The fourth-order valence-electron chi connectivity index (χ4n) is 2.74. The van der Waals surface area contributed by atoms with Gasteiger partial charge < -0.3 is 24.8 Å². The third-order valence-corrected chi connectivity index (χ3v) is 4.23. The number of hydrogen-bond donors (Lipinski definition) is 2. The third-order valence-electron chi connectivity index (χ3n) is 4.23. The molecule has 0 amide bonds. The molecule has 0 radical (unpaired) electrons. The summed E-state index contributed by atoms with van der Waals surface area (Å²) in [5.74, 6) is 2.32. The molecule has 0 saturated carbocycles. The number of hydrogen-bond acceptors (Lipinski definition) is 5. The Morgan fingerprint density at radius 3 is 2.50 bits per heavy atom. The van der Waals surface area contributed by atoms with Gasteiger partial charge in [0.1, 0.15) is 11.6 Å². The lowest BCUT2D eigenvalue weighted by Gasteiger charge is -2.14. The summed E-state index contributed by atoms with van der Waals surface area (Å²) in [7, 11) is 3.19. The number of pyridine rings is 1. The fourth-order valence-corrected chi connectivity index (χ4v) is 2.74. The highest BCUT2D eigenvalue weighted by molar-refractivity contribution is 14.0. The van der Waals surface area contributed by atoms with Gasteiger partial charge in [-0.2, -0.15) is 0 Å². The molecule has 170 valence electrons. The molecule has 0 aliphatic heterocycles. The maximum atomic E-state index is 13.3. The second-order valence-corrected chi connectivity index (χ2v) is 6.45. The Morgan fingerprint density at radius 1 is 1.03 bits per heavy atom. The summed E-state index contributed by atoms with van der Waals surface area (Å²) in [6.45, 7) is 3.11. The predicted octanol–water partition coefficient (Wildman–Crippen LogP) is 5.23. The summed E-state index contributed by atoms with van der Waals surface area (Å²) < 4.78 is 29.4. The van der Waals surface area contributed by atoms with Crippen LogP contribution in [0.4, 0.5) is 10.1 Å². The van der Waals surface area contributed by atoms with Gasteiger partial charge in [0.2, 0.25) is 5.88 Å². The highest BCUT2D eigenvalue weighted by Gasteiger charge is 2.07. The maximum absolute atomic E-state index is 13.3. The second kappa shape index (κ2) is 12.7. The van der Waals surface area contributed by atoms with Crippen molar-refractivity contribution in [2.45, 2.75) is 13.5 Å². The molecule has 0 spiro atoms. The van der Waals surface area contributed by atoms with Crippen LogP contribution in [-0.4, -0.2) is 31.7 Å². The van der Waals surface area contributed by atoms with E-state index in [0.29, 0.717) is 42.2 Å². The van der Waals surface area contributed by atoms with E-state index in [1.807, 2.05) is 31.2 Å². The maximum Gasteiger partial charge on any atom is 0.219 e. The van der Waals surface area contributed by atoms with Crippen LogP contribution in [0.15, 0.2) is 65.8 Å². The zero-order chi connectivity index (χ0) is 22.1. The topological polar surface area (TPSA) is 77.0 Å². The van der Waals surface area contributed by atoms with E-state index in [9.17, 15) is 4.39 Å². The number of ether oxygens (including phenoxy) is 3. The number of halogens is 2. The lowest BCUT2D eigenvalue weighted by Crippen LogP contribution is -2.30. The number of aliphatic imine (C=N–C) groups is 1. The molecule has 9 heteroatoms. The average Bonchev–Trinajstić information content (AvgIpc) is 2.78. The zero-order valence-electron chi connectivity index (χ0n) is 18.1. The fraction of sp³-hybridized carbons (Fsp3) is 0.217. The zero-order valence-corrected chi connectivity index (χ0v) is 20.4. The number of rotatable bonds is 8. The number of benzene rings is 2. The van der Waals surface area contributed by atoms with Crippen molar-refractivity contribution in [2.75, 3.05) is 26.1 Å². The Morgan fingerprint density at radius 2 is 1.84 bits per heavy atom. The monoisotopic (exact) mass is 552 g/mol. The molecule has 1 heterocycles. The molecule has 3 rings (SSSR count). The van der Waals surface area contributed by atoms with E-state index in [4.69, 9.17) is 14.2 Å². The highest BCUT2D eigenvalue weighted by atomic mass is 127. The van der Waals surface area contributed by atoms with Crippen LogP contribution < -0.4 is 24.8 Å². The quantitative estimate of drug-likeness (QED) is 0.227. The Bertz CT molecular complexity index is 1030. The number of nitrogens with one attached hydrogen (secondary N) is 2. The van der Waals surface area contributed by atoms with Gasteiger partial charge in [-0.1, -0.05) is 12.1 Å². The van der Waals surface area contributed by atoms with E-state index in [-0.39, 0.29) is 29.8 Å². The first-order valence-corrected chi connectivity index (χ1v) is 9.77. The SMILES string of the molecule is CCNC(=NCc1ccc(Oc2cccc(F)c2)nc1)Nc1ccc(OC)c(OC)c1.I. The van der Waals surface area contributed by atoms with Crippen molar-refractivity contribution in [1.29, 1.82) is 0 Å². The first-order chi connectivity index (χ1) is 15.1. The Kier molecular flexibility index (Phi) is 9.99. The smallest absolute Gasteiger partial charge is 0.219 e. The van der Waals surface area contributed by atoms with Crippen LogP contribution in [0.5, 0.6) is 23.1 Å². The first-order valence-electron chi connectivity index (χ1n) is 9.77. The van der Waals surface area contributed by atoms with Crippen molar-refractivity contribution in [3.63, 3.8) is 0 Å². The normalized spacial score (nSPS) is 10.7. The molecule has 2 aromatic carbocycles. The van der Waals surface area contributed by atoms with E-state index < -0.39 is 0 Å². The number of aromatic nitrogens is 1. The highest BCUT2D eigenvalue weighted by Crippen LogP contribution is 2.29. The molecule has 2 N–H and O–H groups in total. The summed E-state index contributed by atoms with van der Waals surface area (Å²) >= 11 is 0. The largest absolute Gasteiger partial charge is 0.493 e. The average molecular weight is 552 g/mol. The lowest BCUT2D eigenvalue weighted by molar-refractivity contribution is 0.355. The first kappa shape index (κ1) is 25.2. The minimum absolute atomic E-state index is 0. The van der Waals surface area contributed by atoms with Gasteiger partial charge in [0.15, 0.2) is 17.5 Å². The Labute approximate surface area is 204 Å². The molecule has 3 aromatic rings. The van der Waals surface area contributed by atoms with E-state index >= 15 is 0 Å². The molecule has 0 aliphatic carbocycles. The lowest BCUT2D eigenvalue weighted by atomic mass is 10.2.